The summed E-state index contributed by atoms with van der Waals surface area (Å²) < 4.78 is 42.3. The Kier molecular flexibility index (Phi) is 5.04. The van der Waals surface area contributed by atoms with Crippen LogP contribution in [-0.2, 0) is 6.42 Å². The van der Waals surface area contributed by atoms with E-state index in [9.17, 15) is 13.2 Å². The highest BCUT2D eigenvalue weighted by molar-refractivity contribution is 9.10. The first kappa shape index (κ1) is 15.3. The fourth-order valence-electron chi connectivity index (χ4n) is 1.66. The summed E-state index contributed by atoms with van der Waals surface area (Å²) in [5.74, 6) is 0.271. The third-order valence-electron chi connectivity index (χ3n) is 2.24. The first-order valence-electron chi connectivity index (χ1n) is 5.43. The summed E-state index contributed by atoms with van der Waals surface area (Å²) in [6, 6.07) is 3.31. The van der Waals surface area contributed by atoms with Gasteiger partial charge in [0.15, 0.2) is 6.61 Å². The summed E-state index contributed by atoms with van der Waals surface area (Å²) in [5.41, 5.74) is 7.02. The van der Waals surface area contributed by atoms with E-state index in [2.05, 4.69) is 15.9 Å². The zero-order chi connectivity index (χ0) is 13.9. The van der Waals surface area contributed by atoms with E-state index in [-0.39, 0.29) is 11.8 Å². The van der Waals surface area contributed by atoms with Gasteiger partial charge in [-0.2, -0.15) is 13.2 Å². The molecule has 1 aromatic rings. The quantitative estimate of drug-likeness (QED) is 0.918. The monoisotopic (exact) mass is 325 g/mol. The lowest BCUT2D eigenvalue weighted by Crippen LogP contribution is -2.22. The van der Waals surface area contributed by atoms with Crippen molar-refractivity contribution in [2.75, 3.05) is 6.61 Å². The van der Waals surface area contributed by atoms with Gasteiger partial charge in [0.1, 0.15) is 5.75 Å². The van der Waals surface area contributed by atoms with Crippen LogP contribution in [0.15, 0.2) is 16.6 Å². The molecule has 0 heterocycles. The van der Waals surface area contributed by atoms with E-state index in [1.165, 1.54) is 0 Å². The maximum atomic E-state index is 12.2. The van der Waals surface area contributed by atoms with Gasteiger partial charge in [0.2, 0.25) is 0 Å². The van der Waals surface area contributed by atoms with Crippen molar-refractivity contribution in [3.8, 4) is 5.75 Å². The first-order chi connectivity index (χ1) is 8.19. The largest absolute Gasteiger partial charge is 0.484 e. The third kappa shape index (κ3) is 4.86. The minimum absolute atomic E-state index is 0.146. The zero-order valence-electron chi connectivity index (χ0n) is 10.1. The molecule has 0 saturated carbocycles. The standard InChI is InChI=1S/C12H15BrF3NO/c1-7-3-10(13)5-9(4-8(2)17)11(7)18-6-12(14,15)16/h3,5,8H,4,6,17H2,1-2H3. The van der Waals surface area contributed by atoms with Crippen molar-refractivity contribution in [2.24, 2.45) is 5.73 Å². The fourth-order valence-corrected chi connectivity index (χ4v) is 2.28. The molecule has 0 aliphatic rings. The summed E-state index contributed by atoms with van der Waals surface area (Å²) in [7, 11) is 0. The molecule has 0 radical (unpaired) electrons. The molecule has 2 nitrogen and oxygen atoms in total. The van der Waals surface area contributed by atoms with Crippen LogP contribution in [-0.4, -0.2) is 18.8 Å². The van der Waals surface area contributed by atoms with Gasteiger partial charge in [0.05, 0.1) is 0 Å². The molecule has 1 rings (SSSR count). The average Bonchev–Trinajstić information content (AvgIpc) is 2.12. The number of benzene rings is 1. The minimum Gasteiger partial charge on any atom is -0.484 e. The van der Waals surface area contributed by atoms with E-state index in [0.717, 1.165) is 4.47 Å². The molecular weight excluding hydrogens is 311 g/mol. The second-order valence-electron chi connectivity index (χ2n) is 4.30. The van der Waals surface area contributed by atoms with Crippen molar-refractivity contribution in [2.45, 2.75) is 32.5 Å². The Morgan fingerprint density at radius 2 is 2.00 bits per heavy atom. The van der Waals surface area contributed by atoms with Crippen LogP contribution in [0.25, 0.3) is 0 Å². The lowest BCUT2D eigenvalue weighted by molar-refractivity contribution is -0.153. The lowest BCUT2D eigenvalue weighted by Gasteiger charge is -2.17. The number of rotatable bonds is 4. The fraction of sp³-hybridized carbons (Fsp3) is 0.500. The number of aryl methyl sites for hydroxylation is 1. The molecule has 0 aliphatic carbocycles. The van der Waals surface area contributed by atoms with Crippen LogP contribution >= 0.6 is 15.9 Å². The number of halogens is 4. The third-order valence-corrected chi connectivity index (χ3v) is 2.70. The van der Waals surface area contributed by atoms with Gasteiger partial charge in [-0.1, -0.05) is 15.9 Å². The lowest BCUT2D eigenvalue weighted by atomic mass is 10.0. The highest BCUT2D eigenvalue weighted by atomic mass is 79.9. The van der Waals surface area contributed by atoms with E-state index in [0.29, 0.717) is 17.5 Å². The van der Waals surface area contributed by atoms with Crippen LogP contribution in [0, 0.1) is 6.92 Å². The van der Waals surface area contributed by atoms with Crippen LogP contribution in [0.2, 0.25) is 0 Å². The number of hydrogen-bond donors (Lipinski definition) is 1. The molecule has 18 heavy (non-hydrogen) atoms. The van der Waals surface area contributed by atoms with Crippen molar-refractivity contribution in [1.82, 2.24) is 0 Å². The van der Waals surface area contributed by atoms with Crippen molar-refractivity contribution in [1.29, 1.82) is 0 Å². The Morgan fingerprint density at radius 3 is 2.50 bits per heavy atom. The van der Waals surface area contributed by atoms with Crippen LogP contribution < -0.4 is 10.5 Å². The SMILES string of the molecule is Cc1cc(Br)cc(CC(C)N)c1OCC(F)(F)F. The van der Waals surface area contributed by atoms with Gasteiger partial charge in [-0.25, -0.2) is 0 Å². The highest BCUT2D eigenvalue weighted by Gasteiger charge is 2.29. The van der Waals surface area contributed by atoms with Gasteiger partial charge in [0.25, 0.3) is 0 Å². The Labute approximate surface area is 112 Å². The van der Waals surface area contributed by atoms with Gasteiger partial charge < -0.3 is 10.5 Å². The van der Waals surface area contributed by atoms with Gasteiger partial charge in [-0.3, -0.25) is 0 Å². The first-order valence-corrected chi connectivity index (χ1v) is 6.22. The smallest absolute Gasteiger partial charge is 0.422 e. The van der Waals surface area contributed by atoms with Crippen molar-refractivity contribution in [3.63, 3.8) is 0 Å². The molecule has 0 aromatic heterocycles. The number of ether oxygens (including phenoxy) is 1. The number of hydrogen-bond acceptors (Lipinski definition) is 2. The molecule has 0 spiro atoms. The molecule has 0 fully saturated rings. The normalized spacial score (nSPS) is 13.5. The van der Waals surface area contributed by atoms with Crippen LogP contribution in [0.3, 0.4) is 0 Å². The Hall–Kier alpha value is -0.750. The van der Waals surface area contributed by atoms with Gasteiger partial charge in [0, 0.05) is 10.5 Å². The van der Waals surface area contributed by atoms with Gasteiger partial charge >= 0.3 is 6.18 Å². The summed E-state index contributed by atoms with van der Waals surface area (Å²) in [6.45, 7) is 2.21. The van der Waals surface area contributed by atoms with Gasteiger partial charge in [-0.15, -0.1) is 0 Å². The maximum Gasteiger partial charge on any atom is 0.422 e. The van der Waals surface area contributed by atoms with E-state index >= 15 is 0 Å². The van der Waals surface area contributed by atoms with Gasteiger partial charge in [-0.05, 0) is 43.5 Å². The van der Waals surface area contributed by atoms with Crippen LogP contribution in [0.5, 0.6) is 5.75 Å². The summed E-state index contributed by atoms with van der Waals surface area (Å²) in [6.07, 6.45) is -3.88. The molecule has 0 bridgehead atoms. The summed E-state index contributed by atoms with van der Waals surface area (Å²) in [4.78, 5) is 0. The molecule has 1 atom stereocenters. The van der Waals surface area contributed by atoms with E-state index in [1.807, 2.05) is 0 Å². The Bertz CT molecular complexity index is 419. The molecule has 0 saturated heterocycles. The van der Waals surface area contributed by atoms with E-state index in [1.54, 1.807) is 26.0 Å². The topological polar surface area (TPSA) is 35.2 Å². The maximum absolute atomic E-state index is 12.2. The second-order valence-corrected chi connectivity index (χ2v) is 5.21. The molecule has 6 heteroatoms. The molecular formula is C12H15BrF3NO. The van der Waals surface area contributed by atoms with Crippen molar-refractivity contribution in [3.05, 3.63) is 27.7 Å². The molecule has 0 aliphatic heterocycles. The summed E-state index contributed by atoms with van der Waals surface area (Å²) in [5, 5.41) is 0. The summed E-state index contributed by atoms with van der Waals surface area (Å²) >= 11 is 3.31. The van der Waals surface area contributed by atoms with Crippen molar-refractivity contribution < 1.29 is 17.9 Å². The Morgan fingerprint density at radius 1 is 1.39 bits per heavy atom. The number of nitrogens with two attached hydrogens (primary N) is 1. The zero-order valence-corrected chi connectivity index (χ0v) is 11.7. The average molecular weight is 326 g/mol. The van der Waals surface area contributed by atoms with Crippen LogP contribution in [0.4, 0.5) is 13.2 Å². The predicted octanol–water partition coefficient (Wildman–Crippen LogP) is 3.59. The molecule has 1 aromatic carbocycles. The minimum atomic E-state index is -4.34. The second kappa shape index (κ2) is 5.93. The van der Waals surface area contributed by atoms with Crippen LogP contribution in [0.1, 0.15) is 18.1 Å². The molecule has 1 unspecified atom stereocenters. The van der Waals surface area contributed by atoms with E-state index in [4.69, 9.17) is 10.5 Å². The predicted molar refractivity (Wildman–Crippen MR) is 67.8 cm³/mol. The number of alkyl halides is 3. The highest BCUT2D eigenvalue weighted by Crippen LogP contribution is 2.30. The molecule has 102 valence electrons. The molecule has 2 N–H and O–H groups in total. The molecule has 0 amide bonds. The van der Waals surface area contributed by atoms with Crippen molar-refractivity contribution >= 4 is 15.9 Å². The Balaban J connectivity index is 3.00. The van der Waals surface area contributed by atoms with E-state index < -0.39 is 12.8 Å².